The molecule has 29 heavy (non-hydrogen) atoms. The fourth-order valence-corrected chi connectivity index (χ4v) is 3.26. The number of nitrogens with one attached hydrogen (secondary N) is 2. The lowest BCUT2D eigenvalue weighted by Crippen LogP contribution is -2.26. The Balaban J connectivity index is 1.76. The van der Waals surface area contributed by atoms with E-state index in [0.717, 1.165) is 5.69 Å². The maximum absolute atomic E-state index is 12.9. The molecule has 0 aliphatic rings. The lowest BCUT2D eigenvalue weighted by Gasteiger charge is -2.07. The van der Waals surface area contributed by atoms with Crippen molar-refractivity contribution < 1.29 is 4.79 Å². The Kier molecular flexibility index (Phi) is 4.38. The van der Waals surface area contributed by atoms with Gasteiger partial charge in [0.2, 0.25) is 5.43 Å². The molecule has 4 aromatic rings. The summed E-state index contributed by atoms with van der Waals surface area (Å²) in [7, 11) is 1.73. The summed E-state index contributed by atoms with van der Waals surface area (Å²) in [5, 5.41) is 2.92. The monoisotopic (exact) mass is 389 g/mol. The molecule has 0 saturated heterocycles. The Hall–Kier alpha value is -3.94. The second-order valence-electron chi connectivity index (χ2n) is 6.77. The number of hydrogen-bond acceptors (Lipinski definition) is 4. The van der Waals surface area contributed by atoms with E-state index < -0.39 is 11.3 Å². The molecule has 3 aromatic heterocycles. The number of aryl methyl sites for hydroxylation is 1. The van der Waals surface area contributed by atoms with Gasteiger partial charge in [0.1, 0.15) is 16.9 Å². The van der Waals surface area contributed by atoms with Gasteiger partial charge in [0.25, 0.3) is 11.5 Å². The highest BCUT2D eigenvalue weighted by atomic mass is 16.2. The van der Waals surface area contributed by atoms with Crippen molar-refractivity contribution in [3.63, 3.8) is 0 Å². The number of aromatic amines is 1. The van der Waals surface area contributed by atoms with Crippen LogP contribution in [-0.2, 0) is 7.05 Å². The van der Waals surface area contributed by atoms with Crippen molar-refractivity contribution in [3.05, 3.63) is 86.2 Å². The van der Waals surface area contributed by atoms with E-state index in [1.807, 2.05) is 25.1 Å². The number of carbonyl (C=O) groups is 1. The lowest BCUT2D eigenvalue weighted by atomic mass is 10.2. The molecule has 0 fully saturated rings. The van der Waals surface area contributed by atoms with Gasteiger partial charge < -0.3 is 10.3 Å². The molecule has 4 rings (SSSR count). The minimum atomic E-state index is -0.653. The molecule has 0 atom stereocenters. The Morgan fingerprint density at radius 3 is 2.52 bits per heavy atom. The first-order valence-corrected chi connectivity index (χ1v) is 9.03. The van der Waals surface area contributed by atoms with Gasteiger partial charge in [0, 0.05) is 18.9 Å². The van der Waals surface area contributed by atoms with E-state index in [1.54, 1.807) is 42.9 Å². The number of rotatable bonds is 3. The average Bonchev–Trinajstić information content (AvgIpc) is 2.92. The van der Waals surface area contributed by atoms with E-state index in [0.29, 0.717) is 22.4 Å². The quantitative estimate of drug-likeness (QED) is 0.561. The van der Waals surface area contributed by atoms with Crippen LogP contribution >= 0.6 is 0 Å². The van der Waals surface area contributed by atoms with Crippen molar-refractivity contribution in [1.82, 2.24) is 19.3 Å². The number of nitrogens with zero attached hydrogens (tertiary/aromatic N) is 3. The minimum absolute atomic E-state index is 0.0860. The largest absolute Gasteiger partial charge is 0.345 e. The summed E-state index contributed by atoms with van der Waals surface area (Å²) in [5.41, 5.74) is 1.63. The summed E-state index contributed by atoms with van der Waals surface area (Å²) >= 11 is 0. The van der Waals surface area contributed by atoms with Gasteiger partial charge in [-0.2, -0.15) is 0 Å². The summed E-state index contributed by atoms with van der Waals surface area (Å²) in [6.07, 6.45) is 1.32. The van der Waals surface area contributed by atoms with Crippen LogP contribution in [0.3, 0.4) is 0 Å². The minimum Gasteiger partial charge on any atom is -0.345 e. The number of pyridine rings is 2. The predicted octanol–water partition coefficient (Wildman–Crippen LogP) is 2.28. The van der Waals surface area contributed by atoms with Gasteiger partial charge in [-0.1, -0.05) is 18.2 Å². The average molecular weight is 389 g/mol. The van der Waals surface area contributed by atoms with Crippen LogP contribution in [-0.4, -0.2) is 25.2 Å². The molecule has 0 bridgehead atoms. The molecular weight excluding hydrogens is 370 g/mol. The summed E-state index contributed by atoms with van der Waals surface area (Å²) < 4.78 is 3.12. The molecule has 0 saturated carbocycles. The van der Waals surface area contributed by atoms with Crippen molar-refractivity contribution in [2.24, 2.45) is 7.05 Å². The number of benzene rings is 1. The van der Waals surface area contributed by atoms with Crippen molar-refractivity contribution in [3.8, 4) is 5.69 Å². The zero-order valence-corrected chi connectivity index (χ0v) is 16.2. The topological polar surface area (TPSA) is 102 Å². The Morgan fingerprint density at radius 2 is 1.79 bits per heavy atom. The van der Waals surface area contributed by atoms with Gasteiger partial charge in [-0.25, -0.2) is 9.67 Å². The second-order valence-corrected chi connectivity index (χ2v) is 6.77. The SMILES string of the molecule is Cc1ccc2c(=O)c(C(=O)Nc3c(C)n(C)n(-c4ccccc4)c3=O)c[nH]c2n1. The van der Waals surface area contributed by atoms with E-state index in [-0.39, 0.29) is 16.8 Å². The van der Waals surface area contributed by atoms with Crippen LogP contribution in [0, 0.1) is 13.8 Å². The molecule has 0 spiro atoms. The highest BCUT2D eigenvalue weighted by Crippen LogP contribution is 2.15. The third-order valence-corrected chi connectivity index (χ3v) is 4.91. The molecule has 3 heterocycles. The maximum atomic E-state index is 12.9. The van der Waals surface area contributed by atoms with Crippen molar-refractivity contribution in [1.29, 1.82) is 0 Å². The number of para-hydroxylation sites is 1. The molecule has 146 valence electrons. The summed E-state index contributed by atoms with van der Waals surface area (Å²) in [4.78, 5) is 45.6. The summed E-state index contributed by atoms with van der Waals surface area (Å²) in [6.45, 7) is 3.54. The van der Waals surface area contributed by atoms with Gasteiger partial charge in [-0.3, -0.25) is 19.1 Å². The van der Waals surface area contributed by atoms with Crippen LogP contribution in [0.5, 0.6) is 0 Å². The van der Waals surface area contributed by atoms with Gasteiger partial charge in [-0.05, 0) is 38.1 Å². The fraction of sp³-hybridized carbons (Fsp3) is 0.143. The van der Waals surface area contributed by atoms with Crippen LogP contribution < -0.4 is 16.3 Å². The van der Waals surface area contributed by atoms with E-state index >= 15 is 0 Å². The van der Waals surface area contributed by atoms with E-state index in [9.17, 15) is 14.4 Å². The van der Waals surface area contributed by atoms with Crippen molar-refractivity contribution >= 4 is 22.6 Å². The first-order valence-electron chi connectivity index (χ1n) is 9.03. The molecule has 0 unspecified atom stereocenters. The lowest BCUT2D eigenvalue weighted by molar-refractivity contribution is 0.102. The Morgan fingerprint density at radius 1 is 1.07 bits per heavy atom. The molecule has 0 aliphatic heterocycles. The first-order chi connectivity index (χ1) is 13.9. The standard InChI is InChI=1S/C21H19N5O3/c1-12-9-10-15-18(27)16(11-22-19(15)23-12)20(28)24-17-13(2)25(3)26(21(17)29)14-7-5-4-6-8-14/h4-11H,1-3H3,(H,24,28)(H,22,23,27). The molecule has 1 amide bonds. The normalized spacial score (nSPS) is 11.0. The summed E-state index contributed by atoms with van der Waals surface area (Å²) in [6, 6.07) is 12.4. The molecule has 2 N–H and O–H groups in total. The van der Waals surface area contributed by atoms with E-state index in [4.69, 9.17) is 0 Å². The Bertz CT molecular complexity index is 1360. The highest BCUT2D eigenvalue weighted by Gasteiger charge is 2.20. The smallest absolute Gasteiger partial charge is 0.295 e. The number of hydrogen-bond donors (Lipinski definition) is 2. The van der Waals surface area contributed by atoms with E-state index in [2.05, 4.69) is 15.3 Å². The maximum Gasteiger partial charge on any atom is 0.295 e. The van der Waals surface area contributed by atoms with Crippen molar-refractivity contribution in [2.75, 3.05) is 5.32 Å². The summed E-state index contributed by atoms with van der Waals surface area (Å²) in [5.74, 6) is -0.653. The molecule has 1 aromatic carbocycles. The number of carbonyl (C=O) groups excluding carboxylic acids is 1. The van der Waals surface area contributed by atoms with Crippen LogP contribution in [0.25, 0.3) is 16.7 Å². The van der Waals surface area contributed by atoms with Crippen LogP contribution in [0.4, 0.5) is 5.69 Å². The molecule has 0 aliphatic carbocycles. The van der Waals surface area contributed by atoms with Crippen LogP contribution in [0.2, 0.25) is 0 Å². The number of aromatic nitrogens is 4. The van der Waals surface area contributed by atoms with Gasteiger partial charge in [0.15, 0.2) is 0 Å². The fourth-order valence-electron chi connectivity index (χ4n) is 3.26. The van der Waals surface area contributed by atoms with Crippen LogP contribution in [0.1, 0.15) is 21.7 Å². The zero-order chi connectivity index (χ0) is 20.7. The third kappa shape index (κ3) is 3.04. The first kappa shape index (κ1) is 18.4. The molecular formula is C21H19N5O3. The number of fused-ring (bicyclic) bond motifs is 1. The third-order valence-electron chi connectivity index (χ3n) is 4.91. The zero-order valence-electron chi connectivity index (χ0n) is 16.2. The molecule has 0 radical (unpaired) electrons. The van der Waals surface area contributed by atoms with Crippen LogP contribution in [0.15, 0.2) is 58.3 Å². The molecule has 8 nitrogen and oxygen atoms in total. The highest BCUT2D eigenvalue weighted by molar-refractivity contribution is 6.05. The Labute approximate surface area is 165 Å². The molecule has 8 heteroatoms. The van der Waals surface area contributed by atoms with E-state index in [1.165, 1.54) is 10.9 Å². The second kappa shape index (κ2) is 6.90. The van der Waals surface area contributed by atoms with Gasteiger partial charge >= 0.3 is 0 Å². The number of H-pyrrole nitrogens is 1. The van der Waals surface area contributed by atoms with Crippen molar-refractivity contribution in [2.45, 2.75) is 13.8 Å². The van der Waals surface area contributed by atoms with Gasteiger partial charge in [0.05, 0.1) is 16.8 Å². The predicted molar refractivity (Wildman–Crippen MR) is 111 cm³/mol. The number of amides is 1. The van der Waals surface area contributed by atoms with Gasteiger partial charge in [-0.15, -0.1) is 0 Å². The number of anilines is 1.